The highest BCUT2D eigenvalue weighted by molar-refractivity contribution is 5.83. The maximum atomic E-state index is 13.4. The molecule has 2 heterocycles. The third-order valence-corrected chi connectivity index (χ3v) is 5.92. The molecule has 3 aromatic carbocycles. The summed E-state index contributed by atoms with van der Waals surface area (Å²) in [5, 5.41) is 0.467. The van der Waals surface area contributed by atoms with E-state index in [1.54, 1.807) is 19.1 Å². The molecule has 0 radical (unpaired) electrons. The Morgan fingerprint density at radius 2 is 1.74 bits per heavy atom. The van der Waals surface area contributed by atoms with Crippen LogP contribution in [0.2, 0.25) is 0 Å². The lowest BCUT2D eigenvalue weighted by Crippen LogP contribution is -2.31. The van der Waals surface area contributed by atoms with E-state index in [0.29, 0.717) is 48.1 Å². The SMILES string of the molecule is CCOc1ccccc1Oc1c(C)oc2c3c(ccc2c1=O)OCN(Cc1ccc(C)cc1)C3. The van der Waals surface area contributed by atoms with Crippen molar-refractivity contribution in [2.24, 2.45) is 0 Å². The molecule has 0 aliphatic carbocycles. The lowest BCUT2D eigenvalue weighted by molar-refractivity contribution is 0.0889. The van der Waals surface area contributed by atoms with E-state index in [1.807, 2.05) is 31.2 Å². The minimum Gasteiger partial charge on any atom is -0.490 e. The van der Waals surface area contributed by atoms with Crippen LogP contribution in [0.15, 0.2) is 69.9 Å². The van der Waals surface area contributed by atoms with Crippen LogP contribution in [0.3, 0.4) is 0 Å². The summed E-state index contributed by atoms with van der Waals surface area (Å²) in [4.78, 5) is 15.6. The Morgan fingerprint density at radius 3 is 2.50 bits per heavy atom. The molecule has 0 bridgehead atoms. The topological polar surface area (TPSA) is 61.1 Å². The average molecular weight is 458 g/mol. The quantitative estimate of drug-likeness (QED) is 0.356. The van der Waals surface area contributed by atoms with Crippen LogP contribution in [0.4, 0.5) is 0 Å². The first-order valence-corrected chi connectivity index (χ1v) is 11.4. The molecule has 0 saturated heterocycles. The molecule has 0 unspecified atom stereocenters. The fourth-order valence-corrected chi connectivity index (χ4v) is 4.19. The zero-order chi connectivity index (χ0) is 23.7. The van der Waals surface area contributed by atoms with E-state index in [1.165, 1.54) is 11.1 Å². The number of nitrogens with zero attached hydrogens (tertiary/aromatic N) is 1. The number of ether oxygens (including phenoxy) is 3. The van der Waals surface area contributed by atoms with Gasteiger partial charge in [-0.2, -0.15) is 0 Å². The van der Waals surface area contributed by atoms with Gasteiger partial charge in [0.2, 0.25) is 11.2 Å². The lowest BCUT2D eigenvalue weighted by atomic mass is 10.1. The fraction of sp³-hybridized carbons (Fsp3) is 0.250. The molecule has 0 amide bonds. The molecule has 1 aliphatic rings. The number of para-hydroxylation sites is 2. The second-order valence-corrected chi connectivity index (χ2v) is 8.46. The highest BCUT2D eigenvalue weighted by Crippen LogP contribution is 2.36. The van der Waals surface area contributed by atoms with Crippen LogP contribution in [0, 0.1) is 13.8 Å². The van der Waals surface area contributed by atoms with E-state index in [-0.39, 0.29) is 11.2 Å². The number of rotatable bonds is 6. The van der Waals surface area contributed by atoms with Crippen molar-refractivity contribution in [1.29, 1.82) is 0 Å². The third kappa shape index (κ3) is 4.24. The van der Waals surface area contributed by atoms with Crippen LogP contribution in [0.25, 0.3) is 11.0 Å². The molecular formula is C28H27NO5. The van der Waals surface area contributed by atoms with Gasteiger partial charge in [0.25, 0.3) is 0 Å². The molecule has 0 fully saturated rings. The van der Waals surface area contributed by atoms with E-state index in [2.05, 4.69) is 36.1 Å². The summed E-state index contributed by atoms with van der Waals surface area (Å²) >= 11 is 0. The van der Waals surface area contributed by atoms with Crippen LogP contribution < -0.4 is 19.6 Å². The van der Waals surface area contributed by atoms with E-state index in [0.717, 1.165) is 17.9 Å². The van der Waals surface area contributed by atoms with Crippen LogP contribution in [0.1, 0.15) is 29.4 Å². The second-order valence-electron chi connectivity index (χ2n) is 8.46. The smallest absolute Gasteiger partial charge is 0.235 e. The van der Waals surface area contributed by atoms with Gasteiger partial charge in [-0.25, -0.2) is 0 Å². The van der Waals surface area contributed by atoms with Gasteiger partial charge in [-0.15, -0.1) is 0 Å². The minimum absolute atomic E-state index is 0.160. The Bertz CT molecular complexity index is 1390. The molecule has 0 saturated carbocycles. The molecule has 34 heavy (non-hydrogen) atoms. The maximum absolute atomic E-state index is 13.4. The number of hydrogen-bond acceptors (Lipinski definition) is 6. The van der Waals surface area contributed by atoms with Crippen molar-refractivity contribution in [2.45, 2.75) is 33.9 Å². The largest absolute Gasteiger partial charge is 0.490 e. The molecule has 0 spiro atoms. The van der Waals surface area contributed by atoms with Crippen LogP contribution in [-0.2, 0) is 13.1 Å². The summed E-state index contributed by atoms with van der Waals surface area (Å²) in [7, 11) is 0. The number of fused-ring (bicyclic) bond motifs is 3. The molecular weight excluding hydrogens is 430 g/mol. The molecule has 1 aromatic heterocycles. The van der Waals surface area contributed by atoms with Gasteiger partial charge < -0.3 is 18.6 Å². The first-order valence-electron chi connectivity index (χ1n) is 11.4. The van der Waals surface area contributed by atoms with Gasteiger partial charge in [0.1, 0.15) is 23.8 Å². The highest BCUT2D eigenvalue weighted by Gasteiger charge is 2.24. The van der Waals surface area contributed by atoms with Crippen molar-refractivity contribution in [3.63, 3.8) is 0 Å². The first kappa shape index (κ1) is 22.0. The maximum Gasteiger partial charge on any atom is 0.235 e. The van der Waals surface area contributed by atoms with Crippen molar-refractivity contribution < 1.29 is 18.6 Å². The van der Waals surface area contributed by atoms with Crippen molar-refractivity contribution in [3.05, 3.63) is 93.3 Å². The Hall–Kier alpha value is -3.77. The van der Waals surface area contributed by atoms with Crippen LogP contribution >= 0.6 is 0 Å². The molecule has 4 aromatic rings. The van der Waals surface area contributed by atoms with Crippen molar-refractivity contribution in [1.82, 2.24) is 4.90 Å². The Morgan fingerprint density at radius 1 is 0.971 bits per heavy atom. The number of aryl methyl sites for hydroxylation is 2. The summed E-state index contributed by atoms with van der Waals surface area (Å²) in [5.74, 6) is 2.37. The van der Waals surface area contributed by atoms with Crippen LogP contribution in [-0.4, -0.2) is 18.2 Å². The number of hydrogen-bond donors (Lipinski definition) is 0. The third-order valence-electron chi connectivity index (χ3n) is 5.92. The van der Waals surface area contributed by atoms with E-state index in [9.17, 15) is 4.79 Å². The second kappa shape index (κ2) is 9.23. The van der Waals surface area contributed by atoms with Gasteiger partial charge in [-0.1, -0.05) is 42.0 Å². The van der Waals surface area contributed by atoms with Crippen molar-refractivity contribution >= 4 is 11.0 Å². The molecule has 0 atom stereocenters. The summed E-state index contributed by atoms with van der Waals surface area (Å²) < 4.78 is 23.8. The molecule has 1 aliphatic heterocycles. The minimum atomic E-state index is -0.219. The highest BCUT2D eigenvalue weighted by atomic mass is 16.5. The standard InChI is InChI=1S/C28H27NO5/c1-4-31-24-7-5-6-8-25(24)34-27-19(3)33-28-21(26(27)30)13-14-23-22(28)16-29(17-32-23)15-20-11-9-18(2)10-12-20/h5-14H,4,15-17H2,1-3H3. The Balaban J connectivity index is 1.49. The summed E-state index contributed by atoms with van der Waals surface area (Å²) in [6.45, 7) is 8.06. The molecule has 0 N–H and O–H groups in total. The van der Waals surface area contributed by atoms with E-state index < -0.39 is 0 Å². The fourth-order valence-electron chi connectivity index (χ4n) is 4.19. The zero-order valence-electron chi connectivity index (χ0n) is 19.6. The van der Waals surface area contributed by atoms with Gasteiger partial charge in [0.05, 0.1) is 17.6 Å². The van der Waals surface area contributed by atoms with Crippen molar-refractivity contribution in [2.75, 3.05) is 13.3 Å². The first-order chi connectivity index (χ1) is 16.5. The predicted octanol–water partition coefficient (Wildman–Crippen LogP) is 5.95. The predicted molar refractivity (Wildman–Crippen MR) is 131 cm³/mol. The summed E-state index contributed by atoms with van der Waals surface area (Å²) in [6, 6.07) is 19.3. The number of benzene rings is 3. The van der Waals surface area contributed by atoms with Gasteiger partial charge in [0, 0.05) is 13.1 Å². The molecule has 6 heteroatoms. The molecule has 5 rings (SSSR count). The van der Waals surface area contributed by atoms with Gasteiger partial charge in [-0.05, 0) is 50.6 Å². The Labute approximate surface area is 198 Å². The van der Waals surface area contributed by atoms with Gasteiger partial charge >= 0.3 is 0 Å². The van der Waals surface area contributed by atoms with Gasteiger partial charge in [0.15, 0.2) is 11.5 Å². The van der Waals surface area contributed by atoms with E-state index in [4.69, 9.17) is 18.6 Å². The van der Waals surface area contributed by atoms with Crippen LogP contribution in [0.5, 0.6) is 23.0 Å². The summed E-state index contributed by atoms with van der Waals surface area (Å²) in [6.07, 6.45) is 0. The zero-order valence-corrected chi connectivity index (χ0v) is 19.6. The molecule has 174 valence electrons. The summed E-state index contributed by atoms with van der Waals surface area (Å²) in [5.41, 5.74) is 3.63. The monoisotopic (exact) mass is 457 g/mol. The molecule has 6 nitrogen and oxygen atoms in total. The average Bonchev–Trinajstić information content (AvgIpc) is 2.84. The lowest BCUT2D eigenvalue weighted by Gasteiger charge is -2.29. The normalized spacial score (nSPS) is 13.4. The van der Waals surface area contributed by atoms with Gasteiger partial charge in [-0.3, -0.25) is 9.69 Å². The van der Waals surface area contributed by atoms with E-state index >= 15 is 0 Å². The van der Waals surface area contributed by atoms with Crippen molar-refractivity contribution in [3.8, 4) is 23.0 Å². The Kier molecular flexibility index (Phi) is 5.99.